The summed E-state index contributed by atoms with van der Waals surface area (Å²) in [6.45, 7) is 18.3. The van der Waals surface area contributed by atoms with Crippen molar-refractivity contribution in [3.8, 4) is 0 Å². The van der Waals surface area contributed by atoms with Gasteiger partial charge in [0, 0.05) is 18.3 Å². The molecule has 0 aromatic heterocycles. The summed E-state index contributed by atoms with van der Waals surface area (Å²) >= 11 is 0. The van der Waals surface area contributed by atoms with E-state index in [0.29, 0.717) is 59.8 Å². The Bertz CT molecular complexity index is 1420. The smallest absolute Gasteiger partial charge is 0.335 e. The number of carboxylic acids is 1. The lowest BCUT2D eigenvalue weighted by atomic mass is 9.32. The van der Waals surface area contributed by atoms with Crippen molar-refractivity contribution in [2.45, 2.75) is 119 Å². The van der Waals surface area contributed by atoms with E-state index in [1.54, 1.807) is 26.2 Å². The number of nitrogens with zero attached hydrogens (tertiary/aromatic N) is 1. The molecule has 47 heavy (non-hydrogen) atoms. The summed E-state index contributed by atoms with van der Waals surface area (Å²) < 4.78 is -0.0664. The highest BCUT2D eigenvalue weighted by Crippen LogP contribution is 2.78. The molecule has 0 aliphatic heterocycles. The lowest BCUT2D eigenvalue weighted by Gasteiger charge is -2.72. The van der Waals surface area contributed by atoms with Gasteiger partial charge in [0.25, 0.3) is 0 Å². The molecule has 4 fully saturated rings. The van der Waals surface area contributed by atoms with Crippen LogP contribution in [-0.4, -0.2) is 47.4 Å². The van der Waals surface area contributed by atoms with Crippen molar-refractivity contribution in [3.05, 3.63) is 41.5 Å². The van der Waals surface area contributed by atoms with Gasteiger partial charge < -0.3 is 5.11 Å². The molecule has 5 heteroatoms. The van der Waals surface area contributed by atoms with Gasteiger partial charge in [-0.3, -0.25) is 4.79 Å². The molecule has 0 spiro atoms. The first-order valence-corrected chi connectivity index (χ1v) is 19.0. The van der Waals surface area contributed by atoms with E-state index in [1.807, 2.05) is 12.1 Å². The Labute approximate surface area is 285 Å². The summed E-state index contributed by atoms with van der Waals surface area (Å²) in [5, 5.41) is 19.8. The van der Waals surface area contributed by atoms with E-state index in [2.05, 4.69) is 54.5 Å². The van der Waals surface area contributed by atoms with Crippen molar-refractivity contribution in [1.29, 1.82) is 0 Å². The number of hydrogen-bond acceptors (Lipinski definition) is 3. The Kier molecular flexibility index (Phi) is 8.56. The molecule has 260 valence electrons. The SMILES string of the molecule is CC(C)[C@@H]1CC[C@]2(C(=O)CCC[N+](C)(C)O)CC[C@]3(C)[C@H](CC[C@@H]4[C@@]5(C)CC=C(c6ccc(C(=O)O)cc6)C(C)(C)[C@@H]5CC[C@]43C)[C@@H]12. The van der Waals surface area contributed by atoms with Gasteiger partial charge in [0.1, 0.15) is 12.3 Å². The quantitative estimate of drug-likeness (QED) is 0.218. The number of rotatable bonds is 8. The average Bonchev–Trinajstić information content (AvgIpc) is 3.38. The van der Waals surface area contributed by atoms with Gasteiger partial charge in [-0.25, -0.2) is 10.0 Å². The van der Waals surface area contributed by atoms with Crippen molar-refractivity contribution in [1.82, 2.24) is 0 Å². The first-order valence-electron chi connectivity index (χ1n) is 19.0. The number of allylic oxidation sites excluding steroid dienone is 2. The monoisotopic (exact) mass is 646 g/mol. The minimum absolute atomic E-state index is 0.000993. The lowest BCUT2D eigenvalue weighted by molar-refractivity contribution is -1.07. The number of ketones is 1. The molecule has 5 aliphatic rings. The summed E-state index contributed by atoms with van der Waals surface area (Å²) in [4.78, 5) is 25.9. The van der Waals surface area contributed by atoms with Gasteiger partial charge in [0.2, 0.25) is 0 Å². The fourth-order valence-electron chi connectivity index (χ4n) is 13.6. The molecule has 1 aromatic rings. The van der Waals surface area contributed by atoms with Gasteiger partial charge in [-0.1, -0.05) is 66.7 Å². The van der Waals surface area contributed by atoms with Gasteiger partial charge in [-0.15, -0.1) is 0 Å². The number of benzene rings is 1. The second-order valence-electron chi connectivity index (χ2n) is 19.1. The van der Waals surface area contributed by atoms with E-state index in [4.69, 9.17) is 0 Å². The van der Waals surface area contributed by atoms with Crippen molar-refractivity contribution in [3.63, 3.8) is 0 Å². The highest BCUT2D eigenvalue weighted by Gasteiger charge is 2.71. The largest absolute Gasteiger partial charge is 0.478 e. The van der Waals surface area contributed by atoms with Gasteiger partial charge in [-0.2, -0.15) is 4.65 Å². The standard InChI is InChI=1S/C42H63NO4/c1-27(2)30-18-23-42(35(44)11-10-26-43(8,9)47)25-24-40(6)32(36(30)42)16-17-34-39(5)21-19-31(28-12-14-29(15-13-28)37(45)46)38(3,4)33(39)20-22-41(34,40)7/h12-15,19,27,30,32-34,36,47H,10-11,16-18,20-26H2,1-9H3/p+1/t30-,32+,33-,34+,36+,39-,40+,41+,42+/m0/s1. The maximum absolute atomic E-state index is 14.4. The van der Waals surface area contributed by atoms with Crippen LogP contribution in [0.1, 0.15) is 135 Å². The number of hydroxylamine groups is 3. The first kappa shape index (κ1) is 34.9. The van der Waals surface area contributed by atoms with E-state index in [1.165, 1.54) is 49.7 Å². The summed E-state index contributed by atoms with van der Waals surface area (Å²) in [6.07, 6.45) is 14.4. The molecular formula is C42H64NO4+. The molecule has 6 rings (SSSR count). The van der Waals surface area contributed by atoms with Crippen LogP contribution in [0.3, 0.4) is 0 Å². The molecule has 0 amide bonds. The van der Waals surface area contributed by atoms with Crippen LogP contribution in [0.4, 0.5) is 0 Å². The molecule has 5 aliphatic carbocycles. The zero-order chi connectivity index (χ0) is 34.4. The van der Waals surface area contributed by atoms with Crippen LogP contribution < -0.4 is 0 Å². The molecule has 2 N–H and O–H groups in total. The summed E-state index contributed by atoms with van der Waals surface area (Å²) in [6, 6.07) is 7.56. The molecule has 1 aromatic carbocycles. The molecule has 0 heterocycles. The first-order chi connectivity index (χ1) is 21.8. The number of carbonyl (C=O) groups excluding carboxylic acids is 1. The Morgan fingerprint density at radius 1 is 0.872 bits per heavy atom. The number of carboxylic acid groups (broad SMARTS) is 1. The van der Waals surface area contributed by atoms with E-state index >= 15 is 0 Å². The number of quaternary nitrogens is 1. The highest BCUT2D eigenvalue weighted by atomic mass is 16.5. The predicted octanol–water partition coefficient (Wildman–Crippen LogP) is 9.93. The second-order valence-corrected chi connectivity index (χ2v) is 19.1. The number of fused-ring (bicyclic) bond motifs is 7. The fourth-order valence-corrected chi connectivity index (χ4v) is 13.6. The highest BCUT2D eigenvalue weighted by molar-refractivity contribution is 5.88. The van der Waals surface area contributed by atoms with Gasteiger partial charge in [0.15, 0.2) is 0 Å². The molecule has 0 saturated heterocycles. The van der Waals surface area contributed by atoms with Crippen molar-refractivity contribution >= 4 is 17.3 Å². The Morgan fingerprint density at radius 2 is 1.55 bits per heavy atom. The van der Waals surface area contributed by atoms with Crippen LogP contribution >= 0.6 is 0 Å². The van der Waals surface area contributed by atoms with Crippen molar-refractivity contribution < 1.29 is 24.5 Å². The van der Waals surface area contributed by atoms with Crippen LogP contribution in [0.15, 0.2) is 30.3 Å². The summed E-state index contributed by atoms with van der Waals surface area (Å²) in [7, 11) is 3.61. The van der Waals surface area contributed by atoms with E-state index < -0.39 is 5.97 Å². The third-order valence-corrected chi connectivity index (χ3v) is 16.0. The Balaban J connectivity index is 1.32. The molecule has 5 nitrogen and oxygen atoms in total. The molecule has 9 atom stereocenters. The van der Waals surface area contributed by atoms with Gasteiger partial charge >= 0.3 is 5.97 Å². The van der Waals surface area contributed by atoms with Crippen LogP contribution in [-0.2, 0) is 4.79 Å². The second kappa shape index (κ2) is 11.5. The topological polar surface area (TPSA) is 74.6 Å². The Hall–Kier alpha value is -1.98. The zero-order valence-corrected chi connectivity index (χ0v) is 31.0. The maximum Gasteiger partial charge on any atom is 0.335 e. The third-order valence-electron chi connectivity index (χ3n) is 16.0. The van der Waals surface area contributed by atoms with Crippen molar-refractivity contribution in [2.75, 3.05) is 20.6 Å². The van der Waals surface area contributed by atoms with Crippen LogP contribution in [0.5, 0.6) is 0 Å². The van der Waals surface area contributed by atoms with Crippen molar-refractivity contribution in [2.24, 2.45) is 62.6 Å². The number of aromatic carboxylic acids is 1. The van der Waals surface area contributed by atoms with Gasteiger partial charge in [0.05, 0.1) is 19.7 Å². The molecule has 4 saturated carbocycles. The summed E-state index contributed by atoms with van der Waals surface area (Å²) in [5.41, 5.74) is 3.40. The third kappa shape index (κ3) is 5.22. The maximum atomic E-state index is 14.4. The van der Waals surface area contributed by atoms with E-state index in [-0.39, 0.29) is 31.7 Å². The summed E-state index contributed by atoms with van der Waals surface area (Å²) in [5.74, 6) is 3.14. The number of Topliss-reactive ketones (excluding diaryl/α,β-unsaturated/α-hetero) is 1. The van der Waals surface area contributed by atoms with Gasteiger partial charge in [-0.05, 0) is 138 Å². The van der Waals surface area contributed by atoms with Crippen LogP contribution in [0, 0.1) is 62.6 Å². The molecular weight excluding hydrogens is 582 g/mol. The lowest BCUT2D eigenvalue weighted by Crippen LogP contribution is -2.66. The normalized spacial score (nSPS) is 40.9. The minimum Gasteiger partial charge on any atom is -0.478 e. The number of carbonyl (C=O) groups is 2. The van der Waals surface area contributed by atoms with E-state index in [0.717, 1.165) is 25.7 Å². The van der Waals surface area contributed by atoms with Crippen LogP contribution in [0.25, 0.3) is 5.57 Å². The minimum atomic E-state index is -0.872. The molecule has 0 bridgehead atoms. The average molecular weight is 647 g/mol. The Morgan fingerprint density at radius 3 is 2.17 bits per heavy atom. The fraction of sp³-hybridized carbons (Fsp3) is 0.762. The van der Waals surface area contributed by atoms with Crippen LogP contribution in [0.2, 0.25) is 0 Å². The number of hydrogen-bond donors (Lipinski definition) is 2. The zero-order valence-electron chi connectivity index (χ0n) is 31.0. The molecule has 0 unspecified atom stereocenters. The molecule has 0 radical (unpaired) electrons. The predicted molar refractivity (Wildman–Crippen MR) is 189 cm³/mol. The van der Waals surface area contributed by atoms with E-state index in [9.17, 15) is 19.9 Å².